The molecule has 1 aliphatic carbocycles. The molecular weight excluding hydrogens is 454 g/mol. The molecule has 166 valence electrons. The molecule has 1 fully saturated rings. The van der Waals surface area contributed by atoms with Crippen molar-refractivity contribution < 1.29 is 51.9 Å². The van der Waals surface area contributed by atoms with Crippen LogP contribution in [0.2, 0.25) is 0 Å². The molecule has 1 saturated carbocycles. The summed E-state index contributed by atoms with van der Waals surface area (Å²) in [6, 6.07) is 4.42. The average molecular weight is 470 g/mol. The van der Waals surface area contributed by atoms with E-state index in [1.807, 2.05) is 0 Å². The van der Waals surface area contributed by atoms with Gasteiger partial charge in [0.15, 0.2) is 0 Å². The van der Waals surface area contributed by atoms with Crippen molar-refractivity contribution in [3.8, 4) is 5.75 Å². The highest BCUT2D eigenvalue weighted by molar-refractivity contribution is 7.88. The van der Waals surface area contributed by atoms with Crippen molar-refractivity contribution in [2.45, 2.75) is 54.5 Å². The van der Waals surface area contributed by atoms with Crippen LogP contribution in [0, 0.1) is 0 Å². The lowest BCUT2D eigenvalue weighted by atomic mass is 9.84. The highest BCUT2D eigenvalue weighted by Crippen LogP contribution is 2.51. The third-order valence-corrected chi connectivity index (χ3v) is 6.73. The Morgan fingerprint density at radius 3 is 1.76 bits per heavy atom. The summed E-state index contributed by atoms with van der Waals surface area (Å²) in [7, 11) is -13.9. The summed E-state index contributed by atoms with van der Waals surface area (Å²) in [6.45, 7) is 0. The van der Waals surface area contributed by atoms with Crippen LogP contribution in [0.3, 0.4) is 0 Å². The Bertz CT molecular complexity index is 938. The lowest BCUT2D eigenvalue weighted by Gasteiger charge is -2.29. The molecule has 0 spiro atoms. The minimum Gasteiger partial charge on any atom is -0.378 e. The third kappa shape index (κ3) is 4.19. The number of hydrogen-bond acceptors (Lipinski definition) is 5. The molecule has 0 aromatic heterocycles. The topological polar surface area (TPSA) is 97.7 Å². The highest BCUT2D eigenvalue weighted by Gasteiger charge is 2.83. The van der Waals surface area contributed by atoms with Gasteiger partial charge < -0.3 is 4.18 Å². The fraction of sp³-hybridized carbons (Fsp3) is 0.600. The molecule has 1 aromatic carbocycles. The normalized spacial score (nSPS) is 17.9. The molecule has 1 aliphatic rings. The molecule has 0 saturated heterocycles. The van der Waals surface area contributed by atoms with Crippen LogP contribution >= 0.6 is 0 Å². The highest BCUT2D eigenvalue weighted by atomic mass is 32.2. The van der Waals surface area contributed by atoms with Crippen molar-refractivity contribution in [3.05, 3.63) is 29.8 Å². The largest absolute Gasteiger partial charge is 0.450 e. The van der Waals surface area contributed by atoms with Gasteiger partial charge in [-0.15, -0.1) is 0 Å². The number of alkyl halides is 6. The predicted octanol–water partition coefficient (Wildman–Crippen LogP) is 4.15. The van der Waals surface area contributed by atoms with Crippen LogP contribution in [0.5, 0.6) is 5.75 Å². The monoisotopic (exact) mass is 470 g/mol. The Kier molecular flexibility index (Phi) is 6.23. The van der Waals surface area contributed by atoms with Crippen LogP contribution in [0.1, 0.15) is 43.6 Å². The molecule has 2 rings (SSSR count). The maximum Gasteiger partial charge on any atom is 0.450 e. The van der Waals surface area contributed by atoms with E-state index < -0.39 is 42.4 Å². The fourth-order valence-electron chi connectivity index (χ4n) is 2.90. The first kappa shape index (κ1) is 23.7. The maximum absolute atomic E-state index is 13.7. The first-order valence-corrected chi connectivity index (χ1v) is 11.0. The molecule has 0 unspecified atom stereocenters. The van der Waals surface area contributed by atoms with Crippen molar-refractivity contribution >= 4 is 20.2 Å². The van der Waals surface area contributed by atoms with E-state index in [9.17, 15) is 43.2 Å². The summed E-state index contributed by atoms with van der Waals surface area (Å²) in [5.41, 5.74) is 0.726. The third-order valence-electron chi connectivity index (χ3n) is 4.53. The first-order valence-electron chi connectivity index (χ1n) is 8.19. The van der Waals surface area contributed by atoms with E-state index in [-0.39, 0.29) is 5.92 Å². The fourth-order valence-corrected chi connectivity index (χ4v) is 4.33. The minimum absolute atomic E-state index is 0.133. The van der Waals surface area contributed by atoms with Crippen LogP contribution in [0.4, 0.5) is 26.3 Å². The number of rotatable bonds is 7. The number of benzene rings is 1. The maximum atomic E-state index is 13.7. The molecule has 1 N–H and O–H groups in total. The van der Waals surface area contributed by atoms with E-state index in [4.69, 9.17) is 4.55 Å². The van der Waals surface area contributed by atoms with Gasteiger partial charge in [-0.05, 0) is 36.5 Å². The Balaban J connectivity index is 2.29. The minimum atomic E-state index is -7.08. The van der Waals surface area contributed by atoms with Gasteiger partial charge in [-0.2, -0.15) is 43.2 Å². The van der Waals surface area contributed by atoms with Crippen LogP contribution in [0.25, 0.3) is 0 Å². The molecule has 29 heavy (non-hydrogen) atoms. The van der Waals surface area contributed by atoms with E-state index >= 15 is 0 Å². The summed E-state index contributed by atoms with van der Waals surface area (Å²) in [6.07, 6.45) is 4.65. The van der Waals surface area contributed by atoms with Crippen LogP contribution < -0.4 is 4.18 Å². The second kappa shape index (κ2) is 7.61. The Hall–Kier alpha value is -1.54. The molecule has 0 atom stereocenters. The average Bonchev–Trinajstić information content (AvgIpc) is 2.61. The first-order chi connectivity index (χ1) is 13.0. The number of halogens is 6. The molecule has 0 bridgehead atoms. The van der Waals surface area contributed by atoms with Crippen LogP contribution in [0.15, 0.2) is 24.3 Å². The summed E-state index contributed by atoms with van der Waals surface area (Å²) in [4.78, 5) is 0. The van der Waals surface area contributed by atoms with Gasteiger partial charge in [-0.1, -0.05) is 31.4 Å². The molecule has 0 heterocycles. The summed E-state index contributed by atoms with van der Waals surface area (Å²) in [5, 5.41) is -13.5. The smallest absolute Gasteiger partial charge is 0.378 e. The van der Waals surface area contributed by atoms with Crippen molar-refractivity contribution in [2.75, 3.05) is 0 Å². The standard InChI is InChI=1S/C15H16F6O6S2/c16-13(17,14(18,19)28(22,23)24)15(20,21)29(25,26)27-12-8-6-11(7-9-12)10-4-2-1-3-5-10/h6-10H,1-5H2,(H,22,23,24). The molecule has 1 aromatic rings. The second-order valence-corrected chi connectivity index (χ2v) is 9.57. The van der Waals surface area contributed by atoms with Crippen molar-refractivity contribution in [2.24, 2.45) is 0 Å². The Morgan fingerprint density at radius 1 is 0.828 bits per heavy atom. The van der Waals surface area contributed by atoms with E-state index in [1.54, 1.807) is 0 Å². The van der Waals surface area contributed by atoms with Crippen LogP contribution in [-0.2, 0) is 20.2 Å². The van der Waals surface area contributed by atoms with Gasteiger partial charge in [0.25, 0.3) is 0 Å². The Labute approximate surface area is 162 Å². The van der Waals surface area contributed by atoms with Crippen LogP contribution in [-0.4, -0.2) is 37.8 Å². The molecule has 14 heteroatoms. The zero-order valence-corrected chi connectivity index (χ0v) is 16.1. The van der Waals surface area contributed by atoms with Gasteiger partial charge in [-0.25, -0.2) is 0 Å². The molecule has 0 aliphatic heterocycles. The zero-order valence-electron chi connectivity index (χ0n) is 14.5. The SMILES string of the molecule is O=S(=O)(O)C(F)(F)C(F)(F)C(F)(F)S(=O)(=O)Oc1ccc(C2CCCCC2)cc1. The van der Waals surface area contributed by atoms with E-state index in [2.05, 4.69) is 4.18 Å². The quantitative estimate of drug-likeness (QED) is 0.365. The lowest BCUT2D eigenvalue weighted by Crippen LogP contribution is -2.61. The van der Waals surface area contributed by atoms with Gasteiger partial charge in [0.1, 0.15) is 5.75 Å². The molecular formula is C15H16F6O6S2. The van der Waals surface area contributed by atoms with Crippen molar-refractivity contribution in [3.63, 3.8) is 0 Å². The van der Waals surface area contributed by atoms with Crippen molar-refractivity contribution in [1.82, 2.24) is 0 Å². The predicted molar refractivity (Wildman–Crippen MR) is 88.2 cm³/mol. The van der Waals surface area contributed by atoms with Gasteiger partial charge in [0, 0.05) is 0 Å². The van der Waals surface area contributed by atoms with Gasteiger partial charge in [-0.3, -0.25) is 4.55 Å². The van der Waals surface area contributed by atoms with Gasteiger partial charge in [0.05, 0.1) is 0 Å². The van der Waals surface area contributed by atoms with Gasteiger partial charge >= 0.3 is 36.7 Å². The van der Waals surface area contributed by atoms with Gasteiger partial charge in [0.2, 0.25) is 0 Å². The summed E-state index contributed by atoms with van der Waals surface area (Å²) in [5.74, 6) is -7.77. The molecule has 0 amide bonds. The Morgan fingerprint density at radius 2 is 1.31 bits per heavy atom. The van der Waals surface area contributed by atoms with E-state index in [1.165, 1.54) is 12.1 Å². The van der Waals surface area contributed by atoms with E-state index in [0.717, 1.165) is 49.8 Å². The number of hydrogen-bond donors (Lipinski definition) is 1. The van der Waals surface area contributed by atoms with Crippen molar-refractivity contribution in [1.29, 1.82) is 0 Å². The molecule has 0 radical (unpaired) electrons. The zero-order chi connectivity index (χ0) is 22.3. The second-order valence-electron chi connectivity index (χ2n) is 6.52. The summed E-state index contributed by atoms with van der Waals surface area (Å²) < 4.78 is 137. The lowest BCUT2D eigenvalue weighted by molar-refractivity contribution is -0.247. The summed E-state index contributed by atoms with van der Waals surface area (Å²) >= 11 is 0. The molecule has 6 nitrogen and oxygen atoms in total. The van der Waals surface area contributed by atoms with E-state index in [0.29, 0.717) is 0 Å².